The summed E-state index contributed by atoms with van der Waals surface area (Å²) in [6.07, 6.45) is 10.8. The Morgan fingerprint density at radius 2 is 0.921 bits per heavy atom. The first kappa shape index (κ1) is 65.2. The van der Waals surface area contributed by atoms with E-state index in [1.807, 2.05) is 132 Å². The zero-order valence-corrected chi connectivity index (χ0v) is 46.1. The number of ether oxygens (including phenoxy) is 1. The summed E-state index contributed by atoms with van der Waals surface area (Å²) in [7, 11) is 1.32. The van der Waals surface area contributed by atoms with Crippen molar-refractivity contribution in [3.63, 3.8) is 0 Å². The van der Waals surface area contributed by atoms with Gasteiger partial charge in [-0.05, 0) is 159 Å². The van der Waals surface area contributed by atoms with Crippen LogP contribution in [0.3, 0.4) is 0 Å². The molecule has 0 spiro atoms. The Hall–Kier alpha value is -6.92. The van der Waals surface area contributed by atoms with Gasteiger partial charge >= 0.3 is 30.8 Å². The van der Waals surface area contributed by atoms with Crippen LogP contribution in [-0.4, -0.2) is 60.5 Å². The predicted octanol–water partition coefficient (Wildman–Crippen LogP) is 7.68. The molecule has 16 heteroatoms. The first-order valence-electron chi connectivity index (χ1n) is 24.8. The standard InChI is InChI=1S/C30H37N3O4.C29H35N3O4.CH4.Li.H2O/c1-18(2)11-26(33-17-22(6)21(5)12-27(33)34)30(36)32-25(14-28(35)37-7)23-13-24(16-31-15-23)29-19(3)9-8-10-20(29)4;1-17(2)10-25(32-16-21(6)20(5)11-26(32)33)29(36)31-24(13-27(34)35)22-12-23(15-30-14-22)28-18(3)8-7-9-19(28)4;;;/h8-10,12-13,15-18,25-26H,11,14H2,1-7H3,(H,32,36);7-9,11-12,14-17,24-25H,10,13H2,1-6H3,(H,31,36)(H,34,35);1H4;;1H2/q;;;+1;/p-1/t25-,26?;24-,25?;;;/m00.../s1. The molecule has 4 heterocycles. The molecule has 0 saturated carbocycles. The molecule has 6 rings (SSSR count). The maximum atomic E-state index is 13.7. The number of benzene rings is 2. The number of pyridine rings is 4. The van der Waals surface area contributed by atoms with Crippen molar-refractivity contribution in [3.05, 3.63) is 174 Å². The minimum Gasteiger partial charge on any atom is -0.870 e. The maximum Gasteiger partial charge on any atom is 1.00 e. The number of aryl methyl sites for hydroxylation is 8. The van der Waals surface area contributed by atoms with Crippen molar-refractivity contribution in [1.82, 2.24) is 29.7 Å². The van der Waals surface area contributed by atoms with Crippen LogP contribution >= 0.6 is 0 Å². The normalized spacial score (nSPS) is 12.3. The molecular formula is C60H77LiN6O9. The molecule has 0 aliphatic carbocycles. The van der Waals surface area contributed by atoms with Crippen LogP contribution in [-0.2, 0) is 23.9 Å². The number of carboxylic acids is 1. The maximum absolute atomic E-state index is 13.7. The van der Waals surface area contributed by atoms with Crippen LogP contribution in [0.5, 0.6) is 0 Å². The zero-order valence-electron chi connectivity index (χ0n) is 46.1. The molecule has 4 atom stereocenters. The van der Waals surface area contributed by atoms with Gasteiger partial charge in [0.05, 0.1) is 32.0 Å². The summed E-state index contributed by atoms with van der Waals surface area (Å²) >= 11 is 0. The number of nitrogens with one attached hydrogen (secondary N) is 2. The quantitative estimate of drug-likeness (QED) is 0.0560. The van der Waals surface area contributed by atoms with Crippen LogP contribution in [0.15, 0.2) is 107 Å². The van der Waals surface area contributed by atoms with Gasteiger partial charge in [-0.25, -0.2) is 0 Å². The molecule has 0 saturated heterocycles. The molecule has 0 aliphatic heterocycles. The number of aliphatic carboxylic acids is 1. The number of hydrogen-bond donors (Lipinski definition) is 3. The van der Waals surface area contributed by atoms with Gasteiger partial charge < -0.3 is 35.1 Å². The molecule has 402 valence electrons. The molecule has 4 aromatic heterocycles. The van der Waals surface area contributed by atoms with Crippen molar-refractivity contribution in [2.24, 2.45) is 11.8 Å². The van der Waals surface area contributed by atoms with E-state index in [9.17, 15) is 33.9 Å². The van der Waals surface area contributed by atoms with E-state index in [1.165, 1.54) is 22.3 Å². The van der Waals surface area contributed by atoms with Gasteiger partial charge in [-0.3, -0.25) is 38.7 Å². The van der Waals surface area contributed by atoms with Gasteiger partial charge in [-0.15, -0.1) is 0 Å². The Labute approximate surface area is 460 Å². The van der Waals surface area contributed by atoms with Crippen molar-refractivity contribution < 1.29 is 53.4 Å². The minimum atomic E-state index is -1.04. The van der Waals surface area contributed by atoms with E-state index in [1.54, 1.807) is 43.2 Å². The topological polar surface area (TPSA) is 222 Å². The van der Waals surface area contributed by atoms with Gasteiger partial charge in [0.2, 0.25) is 11.8 Å². The number of rotatable bonds is 18. The van der Waals surface area contributed by atoms with E-state index < -0.39 is 42.0 Å². The average Bonchev–Trinajstić information content (AvgIpc) is 3.32. The minimum absolute atomic E-state index is 0. The second-order valence-electron chi connectivity index (χ2n) is 20.1. The molecule has 0 radical (unpaired) electrons. The van der Waals surface area contributed by atoms with E-state index in [0.29, 0.717) is 24.0 Å². The van der Waals surface area contributed by atoms with Gasteiger partial charge in [0, 0.05) is 60.4 Å². The van der Waals surface area contributed by atoms with Crippen LogP contribution in [0.2, 0.25) is 0 Å². The van der Waals surface area contributed by atoms with Gasteiger partial charge in [0.1, 0.15) is 12.1 Å². The molecule has 2 aromatic carbocycles. The second kappa shape index (κ2) is 29.4. The molecule has 0 bridgehead atoms. The monoisotopic (exact) mass is 1030 g/mol. The number of amides is 2. The van der Waals surface area contributed by atoms with Gasteiger partial charge in [0.25, 0.3) is 11.1 Å². The van der Waals surface area contributed by atoms with Crippen molar-refractivity contribution in [2.75, 3.05) is 7.11 Å². The molecule has 0 fully saturated rings. The van der Waals surface area contributed by atoms with E-state index in [-0.39, 0.29) is 73.5 Å². The number of methoxy groups -OCH3 is 1. The zero-order chi connectivity index (χ0) is 53.8. The number of aromatic nitrogens is 4. The number of carbonyl (C=O) groups is 4. The summed E-state index contributed by atoms with van der Waals surface area (Å²) < 4.78 is 7.89. The fourth-order valence-electron chi connectivity index (χ4n) is 9.14. The summed E-state index contributed by atoms with van der Waals surface area (Å²) in [5.74, 6) is -1.91. The first-order valence-corrected chi connectivity index (χ1v) is 24.8. The molecule has 0 aliphatic rings. The SMILES string of the molecule is C.COC(=O)C[C@H](NC(=O)C(CC(C)C)n1cc(C)c(C)cc1=O)c1cncc(-c2c(C)cccc2C)c1.Cc1cc(=O)n(C(CC(C)C)C(=O)N[C@@H](CC(=O)O)c2cncc(-c3c(C)cccc3C)c2)cc1C.[Li+].[OH-]. The fraction of sp³-hybridized carbons (Fsp3) is 0.400. The van der Waals surface area contributed by atoms with E-state index in [4.69, 9.17) is 4.74 Å². The third-order valence-corrected chi connectivity index (χ3v) is 13.2. The Bertz CT molecular complexity index is 3050. The van der Waals surface area contributed by atoms with Crippen molar-refractivity contribution in [3.8, 4) is 22.3 Å². The Morgan fingerprint density at radius 3 is 1.25 bits per heavy atom. The summed E-state index contributed by atoms with van der Waals surface area (Å²) in [4.78, 5) is 85.8. The van der Waals surface area contributed by atoms with Gasteiger partial charge in [-0.1, -0.05) is 71.5 Å². The summed E-state index contributed by atoms with van der Waals surface area (Å²) in [5.41, 5.74) is 12.6. The van der Waals surface area contributed by atoms with E-state index in [2.05, 4.69) is 20.6 Å². The van der Waals surface area contributed by atoms with Crippen LogP contribution < -0.4 is 40.6 Å². The summed E-state index contributed by atoms with van der Waals surface area (Å²) in [6, 6.07) is 16.1. The predicted molar refractivity (Wildman–Crippen MR) is 295 cm³/mol. The average molecular weight is 1030 g/mol. The van der Waals surface area contributed by atoms with Crippen LogP contribution in [0.4, 0.5) is 0 Å². The number of nitrogens with zero attached hydrogens (tertiary/aromatic N) is 4. The van der Waals surface area contributed by atoms with Crippen LogP contribution in [0, 0.1) is 67.2 Å². The van der Waals surface area contributed by atoms with Crippen molar-refractivity contribution in [1.29, 1.82) is 0 Å². The molecule has 15 nitrogen and oxygen atoms in total. The number of hydrogen-bond acceptors (Lipinski definition) is 10. The third kappa shape index (κ3) is 17.0. The Balaban J connectivity index is 0.000000500. The van der Waals surface area contributed by atoms with Gasteiger partial charge in [0.15, 0.2) is 0 Å². The third-order valence-electron chi connectivity index (χ3n) is 13.2. The molecule has 76 heavy (non-hydrogen) atoms. The Morgan fingerprint density at radius 1 is 0.566 bits per heavy atom. The second-order valence-corrected chi connectivity index (χ2v) is 20.1. The van der Waals surface area contributed by atoms with E-state index >= 15 is 0 Å². The number of esters is 1. The van der Waals surface area contributed by atoms with Crippen LogP contribution in [0.1, 0.15) is 141 Å². The summed E-state index contributed by atoms with van der Waals surface area (Å²) in [5, 5.41) is 15.6. The summed E-state index contributed by atoms with van der Waals surface area (Å²) in [6.45, 7) is 23.7. The van der Waals surface area contributed by atoms with Gasteiger partial charge in [-0.2, -0.15) is 0 Å². The van der Waals surface area contributed by atoms with Crippen molar-refractivity contribution in [2.45, 2.75) is 140 Å². The first-order chi connectivity index (χ1) is 34.5. The molecule has 2 amide bonds. The molecule has 6 aromatic rings. The molecule has 2 unspecified atom stereocenters. The van der Waals surface area contributed by atoms with E-state index in [0.717, 1.165) is 66.8 Å². The molecule has 4 N–H and O–H groups in total. The number of carboxylic acid groups (broad SMARTS) is 1. The fourth-order valence-corrected chi connectivity index (χ4v) is 9.14. The Kier molecular flexibility index (Phi) is 25.2. The largest absolute Gasteiger partial charge is 1.00 e. The van der Waals surface area contributed by atoms with Crippen molar-refractivity contribution >= 4 is 23.8 Å². The van der Waals surface area contributed by atoms with Crippen LogP contribution in [0.25, 0.3) is 22.3 Å². The smallest absolute Gasteiger partial charge is 0.870 e. The molecular weight excluding hydrogens is 956 g/mol. The number of carbonyl (C=O) groups excluding carboxylic acids is 3.